The van der Waals surface area contributed by atoms with Gasteiger partial charge in [-0.3, -0.25) is 14.9 Å². The van der Waals surface area contributed by atoms with Gasteiger partial charge >= 0.3 is 0 Å². The number of para-hydroxylation sites is 1. The molecule has 0 spiro atoms. The van der Waals surface area contributed by atoms with Gasteiger partial charge in [-0.15, -0.1) is 0 Å². The molecule has 0 radical (unpaired) electrons. The van der Waals surface area contributed by atoms with E-state index < -0.39 is 10.8 Å². The highest BCUT2D eigenvalue weighted by Gasteiger charge is 2.14. The Morgan fingerprint density at radius 2 is 1.83 bits per heavy atom. The first-order chi connectivity index (χ1) is 11.6. The van der Waals surface area contributed by atoms with Gasteiger partial charge in [0.05, 0.1) is 10.5 Å². The van der Waals surface area contributed by atoms with Gasteiger partial charge in [0.1, 0.15) is 11.6 Å². The number of nitriles is 1. The van der Waals surface area contributed by atoms with Gasteiger partial charge < -0.3 is 5.32 Å². The molecule has 0 aliphatic carbocycles. The summed E-state index contributed by atoms with van der Waals surface area (Å²) in [4.78, 5) is 22.5. The van der Waals surface area contributed by atoms with Gasteiger partial charge in [-0.1, -0.05) is 42.5 Å². The molecule has 2 rings (SSSR count). The van der Waals surface area contributed by atoms with Crippen molar-refractivity contribution >= 4 is 17.7 Å². The van der Waals surface area contributed by atoms with Gasteiger partial charge in [0.15, 0.2) is 0 Å². The maximum absolute atomic E-state index is 12.1. The first kappa shape index (κ1) is 16.9. The van der Waals surface area contributed by atoms with Crippen molar-refractivity contribution in [2.75, 3.05) is 6.54 Å². The fourth-order valence-corrected chi connectivity index (χ4v) is 2.14. The molecule has 0 unspecified atom stereocenters. The summed E-state index contributed by atoms with van der Waals surface area (Å²) in [7, 11) is 0. The summed E-state index contributed by atoms with van der Waals surface area (Å²) >= 11 is 0. The normalized spacial score (nSPS) is 10.7. The largest absolute Gasteiger partial charge is 0.351 e. The third-order valence-electron chi connectivity index (χ3n) is 3.34. The second-order valence-corrected chi connectivity index (χ2v) is 4.98. The lowest BCUT2D eigenvalue weighted by atomic mass is 10.1. The third-order valence-corrected chi connectivity index (χ3v) is 3.34. The van der Waals surface area contributed by atoms with Crippen LogP contribution in [0.15, 0.2) is 60.2 Å². The minimum Gasteiger partial charge on any atom is -0.351 e. The zero-order chi connectivity index (χ0) is 17.4. The highest BCUT2D eigenvalue weighted by atomic mass is 16.6. The minimum absolute atomic E-state index is 0.151. The van der Waals surface area contributed by atoms with Crippen molar-refractivity contribution in [3.63, 3.8) is 0 Å². The van der Waals surface area contributed by atoms with Gasteiger partial charge in [0, 0.05) is 12.6 Å². The van der Waals surface area contributed by atoms with Crippen molar-refractivity contribution in [1.82, 2.24) is 5.32 Å². The summed E-state index contributed by atoms with van der Waals surface area (Å²) in [6.07, 6.45) is 1.87. The Bertz CT molecular complexity index is 808. The molecule has 2 aromatic rings. The zero-order valence-corrected chi connectivity index (χ0v) is 12.8. The van der Waals surface area contributed by atoms with Crippen LogP contribution in [0.1, 0.15) is 11.1 Å². The molecule has 120 valence electrons. The molecule has 0 heterocycles. The lowest BCUT2D eigenvalue weighted by Gasteiger charge is -2.05. The zero-order valence-electron chi connectivity index (χ0n) is 12.8. The summed E-state index contributed by atoms with van der Waals surface area (Å²) in [5.41, 5.74) is 0.968. The number of nitrogens with one attached hydrogen (secondary N) is 1. The van der Waals surface area contributed by atoms with Crippen LogP contribution in [-0.4, -0.2) is 17.4 Å². The number of nitro benzene ring substituents is 1. The lowest BCUT2D eigenvalue weighted by Crippen LogP contribution is -2.26. The summed E-state index contributed by atoms with van der Waals surface area (Å²) in [6.45, 7) is 0.374. The number of amides is 1. The van der Waals surface area contributed by atoms with E-state index in [1.807, 2.05) is 30.3 Å². The molecular weight excluding hydrogens is 306 g/mol. The van der Waals surface area contributed by atoms with E-state index in [0.29, 0.717) is 13.0 Å². The molecule has 2 aromatic carbocycles. The number of carbonyl (C=O) groups is 1. The number of hydrogen-bond acceptors (Lipinski definition) is 4. The van der Waals surface area contributed by atoms with Crippen LogP contribution >= 0.6 is 0 Å². The predicted molar refractivity (Wildman–Crippen MR) is 89.8 cm³/mol. The summed E-state index contributed by atoms with van der Waals surface area (Å²) in [5, 5.41) is 22.8. The highest BCUT2D eigenvalue weighted by molar-refractivity contribution is 6.02. The average molecular weight is 321 g/mol. The Kier molecular flexibility index (Phi) is 5.81. The molecule has 6 nitrogen and oxygen atoms in total. The molecule has 0 saturated heterocycles. The van der Waals surface area contributed by atoms with Crippen molar-refractivity contribution < 1.29 is 9.72 Å². The molecule has 0 saturated carbocycles. The standard InChI is InChI=1S/C18H15N3O3/c19-13-16(12-15-8-4-5-9-17(15)21(23)24)18(22)20-11-10-14-6-2-1-3-7-14/h1-9,12H,10-11H2,(H,20,22)/b16-12-. The molecule has 1 amide bonds. The van der Waals surface area contributed by atoms with E-state index >= 15 is 0 Å². The van der Waals surface area contributed by atoms with E-state index in [9.17, 15) is 14.9 Å². The van der Waals surface area contributed by atoms with Crippen molar-refractivity contribution in [2.24, 2.45) is 0 Å². The fraction of sp³-hybridized carbons (Fsp3) is 0.111. The summed E-state index contributed by atoms with van der Waals surface area (Å²) < 4.78 is 0. The smallest absolute Gasteiger partial charge is 0.276 e. The van der Waals surface area contributed by atoms with Crippen LogP contribution < -0.4 is 5.32 Å². The van der Waals surface area contributed by atoms with Crippen LogP contribution in [0.3, 0.4) is 0 Å². The Balaban J connectivity index is 2.07. The van der Waals surface area contributed by atoms with Crippen LogP contribution in [0.4, 0.5) is 5.69 Å². The first-order valence-corrected chi connectivity index (χ1v) is 7.29. The quantitative estimate of drug-likeness (QED) is 0.383. The van der Waals surface area contributed by atoms with Gasteiger partial charge in [0.25, 0.3) is 11.6 Å². The number of nitro groups is 1. The van der Waals surface area contributed by atoms with E-state index in [4.69, 9.17) is 5.26 Å². The van der Waals surface area contributed by atoms with Crippen molar-refractivity contribution in [1.29, 1.82) is 5.26 Å². The number of carbonyl (C=O) groups excluding carboxylic acids is 1. The Hall–Kier alpha value is -3.46. The maximum atomic E-state index is 12.1. The molecule has 0 atom stereocenters. The maximum Gasteiger partial charge on any atom is 0.276 e. The highest BCUT2D eigenvalue weighted by Crippen LogP contribution is 2.20. The van der Waals surface area contributed by atoms with E-state index in [2.05, 4.69) is 5.32 Å². The second-order valence-electron chi connectivity index (χ2n) is 4.98. The fourth-order valence-electron chi connectivity index (χ4n) is 2.14. The Labute approximate surface area is 139 Å². The van der Waals surface area contributed by atoms with Crippen LogP contribution in [0.2, 0.25) is 0 Å². The van der Waals surface area contributed by atoms with Crippen molar-refractivity contribution in [2.45, 2.75) is 6.42 Å². The molecule has 24 heavy (non-hydrogen) atoms. The number of benzene rings is 2. The summed E-state index contributed by atoms with van der Waals surface area (Å²) in [5.74, 6) is -0.549. The molecule has 0 fully saturated rings. The number of nitrogens with zero attached hydrogens (tertiary/aromatic N) is 2. The Morgan fingerprint density at radius 3 is 2.50 bits per heavy atom. The van der Waals surface area contributed by atoms with Crippen LogP contribution in [0.5, 0.6) is 0 Å². The van der Waals surface area contributed by atoms with Crippen molar-refractivity contribution in [3.8, 4) is 6.07 Å². The van der Waals surface area contributed by atoms with Crippen LogP contribution in [0, 0.1) is 21.4 Å². The van der Waals surface area contributed by atoms with Gasteiger partial charge in [0.2, 0.25) is 0 Å². The lowest BCUT2D eigenvalue weighted by molar-refractivity contribution is -0.385. The van der Waals surface area contributed by atoms with Gasteiger partial charge in [-0.2, -0.15) is 5.26 Å². The third kappa shape index (κ3) is 4.52. The molecule has 0 bridgehead atoms. The minimum atomic E-state index is -0.549. The topological polar surface area (TPSA) is 96.0 Å². The van der Waals surface area contributed by atoms with Gasteiger partial charge in [-0.05, 0) is 24.1 Å². The van der Waals surface area contributed by atoms with Gasteiger partial charge in [-0.25, -0.2) is 0 Å². The molecule has 6 heteroatoms. The number of hydrogen-bond donors (Lipinski definition) is 1. The second kappa shape index (κ2) is 8.25. The van der Waals surface area contributed by atoms with Crippen LogP contribution in [0.25, 0.3) is 6.08 Å². The first-order valence-electron chi connectivity index (χ1n) is 7.29. The van der Waals surface area contributed by atoms with E-state index in [0.717, 1.165) is 5.56 Å². The average Bonchev–Trinajstić information content (AvgIpc) is 2.60. The van der Waals surface area contributed by atoms with E-state index in [-0.39, 0.29) is 16.8 Å². The van der Waals surface area contributed by atoms with Crippen molar-refractivity contribution in [3.05, 3.63) is 81.4 Å². The molecule has 0 aliphatic rings. The van der Waals surface area contributed by atoms with E-state index in [1.54, 1.807) is 12.1 Å². The van der Waals surface area contributed by atoms with Crippen LogP contribution in [-0.2, 0) is 11.2 Å². The molecular formula is C18H15N3O3. The number of rotatable bonds is 6. The molecule has 0 aromatic heterocycles. The Morgan fingerprint density at radius 1 is 1.17 bits per heavy atom. The molecule has 0 aliphatic heterocycles. The van der Waals surface area contributed by atoms with E-state index in [1.165, 1.54) is 24.3 Å². The summed E-state index contributed by atoms with van der Waals surface area (Å²) in [6, 6.07) is 17.4. The SMILES string of the molecule is N#C/C(=C/c1ccccc1[N+](=O)[O-])C(=O)NCCc1ccccc1. The predicted octanol–water partition coefficient (Wildman–Crippen LogP) is 2.86. The molecule has 1 N–H and O–H groups in total. The monoisotopic (exact) mass is 321 g/mol.